The standard InChI is InChI=1S/C31H23N5O/c37-31-28(32-30(24-15-7-2-8-16-24)36(34-31)27-19-11-4-12-20-27)21-25-22-35(26-17-9-3-10-18-26)33-29(25)23-13-5-1-6-14-23/h1-22H,(H,34,37)/b28-21-. The molecule has 0 fully saturated rings. The molecular formula is C31H23N5O. The van der Waals surface area contributed by atoms with Crippen molar-refractivity contribution in [2.75, 3.05) is 5.01 Å². The average Bonchev–Trinajstić information content (AvgIpc) is 3.40. The van der Waals surface area contributed by atoms with E-state index < -0.39 is 0 Å². The molecular weight excluding hydrogens is 458 g/mol. The Hall–Kier alpha value is -5.23. The lowest BCUT2D eigenvalue weighted by Crippen LogP contribution is -2.50. The third-order valence-electron chi connectivity index (χ3n) is 6.03. The maximum absolute atomic E-state index is 13.3. The summed E-state index contributed by atoms with van der Waals surface area (Å²) in [4.78, 5) is 18.2. The first-order valence-electron chi connectivity index (χ1n) is 12.0. The van der Waals surface area contributed by atoms with Crippen LogP contribution in [0.15, 0.2) is 138 Å². The second-order valence-electron chi connectivity index (χ2n) is 8.52. The minimum Gasteiger partial charge on any atom is -0.266 e. The van der Waals surface area contributed by atoms with Crippen molar-refractivity contribution in [3.8, 4) is 16.9 Å². The highest BCUT2D eigenvalue weighted by Gasteiger charge is 2.27. The summed E-state index contributed by atoms with van der Waals surface area (Å²) in [5.41, 5.74) is 8.48. The van der Waals surface area contributed by atoms with Gasteiger partial charge in [0.1, 0.15) is 11.4 Å². The molecule has 6 nitrogen and oxygen atoms in total. The van der Waals surface area contributed by atoms with Gasteiger partial charge in [0, 0.05) is 22.9 Å². The number of amides is 1. The van der Waals surface area contributed by atoms with Crippen molar-refractivity contribution in [1.29, 1.82) is 0 Å². The van der Waals surface area contributed by atoms with Gasteiger partial charge < -0.3 is 0 Å². The Morgan fingerprint density at radius 2 is 1.19 bits per heavy atom. The Bertz CT molecular complexity index is 1590. The van der Waals surface area contributed by atoms with Gasteiger partial charge >= 0.3 is 0 Å². The van der Waals surface area contributed by atoms with Crippen LogP contribution in [-0.4, -0.2) is 21.5 Å². The van der Waals surface area contributed by atoms with Crippen LogP contribution >= 0.6 is 0 Å². The molecule has 2 heterocycles. The molecule has 6 rings (SSSR count). The van der Waals surface area contributed by atoms with Gasteiger partial charge in [0.25, 0.3) is 5.91 Å². The maximum Gasteiger partial charge on any atom is 0.288 e. The molecule has 0 spiro atoms. The largest absolute Gasteiger partial charge is 0.288 e. The second kappa shape index (κ2) is 9.79. The summed E-state index contributed by atoms with van der Waals surface area (Å²) in [7, 11) is 0. The lowest BCUT2D eigenvalue weighted by Gasteiger charge is -2.30. The van der Waals surface area contributed by atoms with E-state index in [1.54, 1.807) is 11.1 Å². The Kier molecular flexibility index (Phi) is 5.89. The summed E-state index contributed by atoms with van der Waals surface area (Å²) < 4.78 is 1.83. The fourth-order valence-corrected chi connectivity index (χ4v) is 4.24. The van der Waals surface area contributed by atoms with E-state index in [4.69, 9.17) is 10.1 Å². The van der Waals surface area contributed by atoms with E-state index in [9.17, 15) is 4.79 Å². The molecule has 178 valence electrons. The number of aromatic nitrogens is 2. The average molecular weight is 482 g/mol. The van der Waals surface area contributed by atoms with Crippen molar-refractivity contribution in [1.82, 2.24) is 15.2 Å². The molecule has 1 N–H and O–H groups in total. The molecule has 0 aliphatic carbocycles. The summed E-state index contributed by atoms with van der Waals surface area (Å²) in [6, 6.07) is 39.4. The van der Waals surface area contributed by atoms with E-state index in [2.05, 4.69) is 5.43 Å². The van der Waals surface area contributed by atoms with Gasteiger partial charge in [-0.05, 0) is 30.3 Å². The number of amidine groups is 1. The third kappa shape index (κ3) is 4.56. The van der Waals surface area contributed by atoms with Gasteiger partial charge in [-0.3, -0.25) is 10.2 Å². The van der Waals surface area contributed by atoms with E-state index in [0.717, 1.165) is 33.8 Å². The predicted octanol–water partition coefficient (Wildman–Crippen LogP) is 5.88. The Balaban J connectivity index is 1.50. The second-order valence-corrected chi connectivity index (χ2v) is 8.52. The van der Waals surface area contributed by atoms with E-state index in [1.165, 1.54) is 0 Å². The minimum atomic E-state index is -0.296. The monoisotopic (exact) mass is 481 g/mol. The number of nitrogens with zero attached hydrogens (tertiary/aromatic N) is 4. The number of hydrazine groups is 1. The van der Waals surface area contributed by atoms with Crippen LogP contribution in [0.3, 0.4) is 0 Å². The molecule has 1 aliphatic rings. The summed E-state index contributed by atoms with van der Waals surface area (Å²) in [6.45, 7) is 0. The van der Waals surface area contributed by atoms with Gasteiger partial charge in [-0.2, -0.15) is 5.10 Å². The molecule has 1 aromatic heterocycles. The normalized spacial score (nSPS) is 14.4. The fourth-order valence-electron chi connectivity index (χ4n) is 4.24. The molecule has 0 saturated carbocycles. The lowest BCUT2D eigenvalue weighted by molar-refractivity contribution is -0.117. The Labute approximate surface area is 214 Å². The fraction of sp³-hybridized carbons (Fsp3) is 0. The van der Waals surface area contributed by atoms with Crippen LogP contribution < -0.4 is 10.4 Å². The Morgan fingerprint density at radius 3 is 1.81 bits per heavy atom. The molecule has 0 radical (unpaired) electrons. The number of aliphatic imine (C=N–C) groups is 1. The summed E-state index contributed by atoms with van der Waals surface area (Å²) in [5.74, 6) is 0.337. The zero-order valence-corrected chi connectivity index (χ0v) is 19.9. The highest BCUT2D eigenvalue weighted by molar-refractivity contribution is 6.17. The molecule has 0 saturated heterocycles. The maximum atomic E-state index is 13.3. The number of para-hydroxylation sites is 2. The van der Waals surface area contributed by atoms with Crippen molar-refractivity contribution in [2.24, 2.45) is 4.99 Å². The van der Waals surface area contributed by atoms with E-state index in [-0.39, 0.29) is 5.91 Å². The molecule has 5 aromatic rings. The quantitative estimate of drug-likeness (QED) is 0.319. The molecule has 0 bridgehead atoms. The number of carbonyl (C=O) groups is 1. The number of benzene rings is 4. The van der Waals surface area contributed by atoms with Crippen LogP contribution in [0.4, 0.5) is 5.69 Å². The number of carbonyl (C=O) groups excluding carboxylic acids is 1. The number of anilines is 1. The topological polar surface area (TPSA) is 62.5 Å². The Morgan fingerprint density at radius 1 is 0.649 bits per heavy atom. The molecule has 37 heavy (non-hydrogen) atoms. The summed E-state index contributed by atoms with van der Waals surface area (Å²) in [5, 5.41) is 6.59. The molecule has 4 aromatic carbocycles. The number of hydrogen-bond acceptors (Lipinski definition) is 4. The van der Waals surface area contributed by atoms with Crippen LogP contribution in [-0.2, 0) is 4.79 Å². The van der Waals surface area contributed by atoms with Gasteiger partial charge in [-0.25, -0.2) is 14.7 Å². The highest BCUT2D eigenvalue weighted by atomic mass is 16.2. The van der Waals surface area contributed by atoms with Crippen molar-refractivity contribution in [3.63, 3.8) is 0 Å². The van der Waals surface area contributed by atoms with Gasteiger partial charge in [0.05, 0.1) is 11.4 Å². The van der Waals surface area contributed by atoms with Crippen LogP contribution in [0.1, 0.15) is 11.1 Å². The van der Waals surface area contributed by atoms with Gasteiger partial charge in [-0.15, -0.1) is 0 Å². The van der Waals surface area contributed by atoms with E-state index >= 15 is 0 Å². The zero-order valence-electron chi connectivity index (χ0n) is 19.9. The van der Waals surface area contributed by atoms with Gasteiger partial charge in [0.15, 0.2) is 5.84 Å². The van der Waals surface area contributed by atoms with Crippen molar-refractivity contribution in [3.05, 3.63) is 144 Å². The highest BCUT2D eigenvalue weighted by Crippen LogP contribution is 2.28. The van der Waals surface area contributed by atoms with Gasteiger partial charge in [-0.1, -0.05) is 97.1 Å². The van der Waals surface area contributed by atoms with Crippen molar-refractivity contribution >= 4 is 23.5 Å². The molecule has 1 aliphatic heterocycles. The predicted molar refractivity (Wildman–Crippen MR) is 147 cm³/mol. The van der Waals surface area contributed by atoms with Crippen LogP contribution in [0.25, 0.3) is 23.0 Å². The molecule has 6 heteroatoms. The van der Waals surface area contributed by atoms with Crippen LogP contribution in [0.2, 0.25) is 0 Å². The summed E-state index contributed by atoms with van der Waals surface area (Å²) >= 11 is 0. The van der Waals surface area contributed by atoms with Crippen LogP contribution in [0, 0.1) is 0 Å². The SMILES string of the molecule is O=C1NN(c2ccccc2)C(c2ccccc2)=N/C1=C\c1cn(-c2ccccc2)nc1-c1ccccc1. The van der Waals surface area contributed by atoms with Crippen molar-refractivity contribution in [2.45, 2.75) is 0 Å². The molecule has 1 amide bonds. The van der Waals surface area contributed by atoms with Gasteiger partial charge in [0.2, 0.25) is 0 Å². The zero-order chi connectivity index (χ0) is 25.0. The minimum absolute atomic E-state index is 0.296. The molecule has 0 unspecified atom stereocenters. The third-order valence-corrected chi connectivity index (χ3v) is 6.03. The van der Waals surface area contributed by atoms with Crippen molar-refractivity contribution < 1.29 is 4.79 Å². The number of rotatable bonds is 5. The van der Waals surface area contributed by atoms with E-state index in [1.807, 2.05) is 132 Å². The lowest BCUT2D eigenvalue weighted by atomic mass is 10.1. The first-order valence-corrected chi connectivity index (χ1v) is 12.0. The number of nitrogens with one attached hydrogen (secondary N) is 1. The first-order chi connectivity index (χ1) is 18.3. The molecule has 0 atom stereocenters. The van der Waals surface area contributed by atoms with E-state index in [0.29, 0.717) is 11.5 Å². The smallest absolute Gasteiger partial charge is 0.266 e. The first kappa shape index (κ1) is 22.2. The number of hydrogen-bond donors (Lipinski definition) is 1. The summed E-state index contributed by atoms with van der Waals surface area (Å²) in [6.07, 6.45) is 3.73. The van der Waals surface area contributed by atoms with Crippen LogP contribution in [0.5, 0.6) is 0 Å².